The van der Waals surface area contributed by atoms with Gasteiger partial charge in [0.25, 0.3) is 5.91 Å². The minimum Gasteiger partial charge on any atom is -0.484 e. The highest BCUT2D eigenvalue weighted by Gasteiger charge is 2.30. The van der Waals surface area contributed by atoms with Gasteiger partial charge in [0.15, 0.2) is 6.61 Å². The Labute approximate surface area is 156 Å². The van der Waals surface area contributed by atoms with Crippen molar-refractivity contribution in [2.75, 3.05) is 13.2 Å². The summed E-state index contributed by atoms with van der Waals surface area (Å²) in [5.74, 6) is 1.78. The lowest BCUT2D eigenvalue weighted by atomic mass is 10.0. The summed E-state index contributed by atoms with van der Waals surface area (Å²) in [7, 11) is 0. The standard InChI is InChI=1S/C19H20N6O2/c26-17(13-27-14-6-2-1-3-7-14)25-11-5-4-8-16(25)19-22-18(23-24-19)15-12-20-9-10-21-15/h1-3,6-7,9-10,12,16H,4-5,8,11,13H2,(H,22,23,24)/t16-/m1/s1. The predicted molar refractivity (Wildman–Crippen MR) is 97.7 cm³/mol. The maximum atomic E-state index is 12.7. The Morgan fingerprint density at radius 2 is 2.11 bits per heavy atom. The molecule has 0 bridgehead atoms. The molecule has 4 rings (SSSR count). The van der Waals surface area contributed by atoms with Crippen molar-refractivity contribution >= 4 is 5.91 Å². The van der Waals surface area contributed by atoms with E-state index in [0.717, 1.165) is 19.3 Å². The Kier molecular flexibility index (Phi) is 5.04. The number of likely N-dealkylation sites (tertiary alicyclic amines) is 1. The number of rotatable bonds is 5. The van der Waals surface area contributed by atoms with Crippen LogP contribution in [0.5, 0.6) is 5.75 Å². The van der Waals surface area contributed by atoms with Crippen LogP contribution in [-0.2, 0) is 4.79 Å². The van der Waals surface area contributed by atoms with Crippen LogP contribution in [0.2, 0.25) is 0 Å². The zero-order chi connectivity index (χ0) is 18.5. The normalized spacial score (nSPS) is 16.9. The van der Waals surface area contributed by atoms with E-state index in [4.69, 9.17) is 4.74 Å². The largest absolute Gasteiger partial charge is 0.484 e. The first-order chi connectivity index (χ1) is 13.3. The number of nitrogens with one attached hydrogen (secondary N) is 1. The molecule has 0 spiro atoms. The number of amides is 1. The average molecular weight is 364 g/mol. The molecule has 0 radical (unpaired) electrons. The molecule has 1 aliphatic heterocycles. The maximum Gasteiger partial charge on any atom is 0.261 e. The number of ether oxygens (including phenoxy) is 1. The molecule has 2 aromatic heterocycles. The van der Waals surface area contributed by atoms with Gasteiger partial charge in [0.2, 0.25) is 5.82 Å². The van der Waals surface area contributed by atoms with Crippen LogP contribution in [0, 0.1) is 0 Å². The van der Waals surface area contributed by atoms with Gasteiger partial charge < -0.3 is 9.64 Å². The van der Waals surface area contributed by atoms with Crippen LogP contribution in [0.25, 0.3) is 11.5 Å². The Balaban J connectivity index is 1.47. The third-order valence-electron chi connectivity index (χ3n) is 4.54. The van der Waals surface area contributed by atoms with Crippen molar-refractivity contribution in [1.29, 1.82) is 0 Å². The van der Waals surface area contributed by atoms with Gasteiger partial charge >= 0.3 is 0 Å². The number of carbonyl (C=O) groups is 1. The first-order valence-corrected chi connectivity index (χ1v) is 8.97. The molecule has 1 saturated heterocycles. The van der Waals surface area contributed by atoms with E-state index >= 15 is 0 Å². The van der Waals surface area contributed by atoms with E-state index in [1.165, 1.54) is 0 Å². The van der Waals surface area contributed by atoms with E-state index in [-0.39, 0.29) is 18.6 Å². The minimum atomic E-state index is -0.136. The number of hydrogen-bond acceptors (Lipinski definition) is 6. The van der Waals surface area contributed by atoms with Crippen LogP contribution >= 0.6 is 0 Å². The van der Waals surface area contributed by atoms with Crippen molar-refractivity contribution in [2.24, 2.45) is 0 Å². The molecular weight excluding hydrogens is 344 g/mol. The van der Waals surface area contributed by atoms with Crippen LogP contribution in [0.15, 0.2) is 48.9 Å². The number of hydrogen-bond donors (Lipinski definition) is 1. The number of piperidine rings is 1. The van der Waals surface area contributed by atoms with Gasteiger partial charge in [-0.25, -0.2) is 9.97 Å². The molecule has 3 heterocycles. The predicted octanol–water partition coefficient (Wildman–Crippen LogP) is 2.39. The number of aromatic nitrogens is 5. The van der Waals surface area contributed by atoms with Crippen molar-refractivity contribution in [3.05, 3.63) is 54.7 Å². The van der Waals surface area contributed by atoms with Crippen molar-refractivity contribution in [3.63, 3.8) is 0 Å². The fourth-order valence-corrected chi connectivity index (χ4v) is 3.21. The quantitative estimate of drug-likeness (QED) is 0.747. The zero-order valence-corrected chi connectivity index (χ0v) is 14.8. The number of benzene rings is 1. The smallest absolute Gasteiger partial charge is 0.261 e. The van der Waals surface area contributed by atoms with Crippen LogP contribution < -0.4 is 4.74 Å². The lowest BCUT2D eigenvalue weighted by Crippen LogP contribution is -2.41. The van der Waals surface area contributed by atoms with Gasteiger partial charge in [0.05, 0.1) is 12.2 Å². The molecular formula is C19H20N6O2. The highest BCUT2D eigenvalue weighted by atomic mass is 16.5. The first kappa shape index (κ1) is 17.1. The Morgan fingerprint density at radius 1 is 1.22 bits per heavy atom. The van der Waals surface area contributed by atoms with E-state index in [0.29, 0.717) is 29.6 Å². The molecule has 1 aromatic carbocycles. The topological polar surface area (TPSA) is 96.9 Å². The van der Waals surface area contributed by atoms with E-state index in [1.807, 2.05) is 35.2 Å². The number of carbonyl (C=O) groups excluding carboxylic acids is 1. The third kappa shape index (κ3) is 3.94. The number of H-pyrrole nitrogens is 1. The van der Waals surface area contributed by atoms with Crippen LogP contribution in [-0.4, -0.2) is 49.1 Å². The highest BCUT2D eigenvalue weighted by Crippen LogP contribution is 2.29. The van der Waals surface area contributed by atoms with Gasteiger partial charge in [-0.05, 0) is 31.4 Å². The summed E-state index contributed by atoms with van der Waals surface area (Å²) in [5.41, 5.74) is 0.598. The highest BCUT2D eigenvalue weighted by molar-refractivity contribution is 5.78. The number of nitrogens with zero attached hydrogens (tertiary/aromatic N) is 5. The summed E-state index contributed by atoms with van der Waals surface area (Å²) in [6.45, 7) is 0.689. The SMILES string of the molecule is O=C(COc1ccccc1)N1CCCC[C@@H]1c1nc(-c2cnccn2)n[nH]1. The Bertz CT molecular complexity index is 883. The van der Waals surface area contributed by atoms with Gasteiger partial charge in [-0.1, -0.05) is 18.2 Å². The van der Waals surface area contributed by atoms with Gasteiger partial charge in [-0.3, -0.25) is 14.9 Å². The summed E-state index contributed by atoms with van der Waals surface area (Å²) in [6, 6.07) is 9.21. The van der Waals surface area contributed by atoms with E-state index in [1.54, 1.807) is 18.6 Å². The monoisotopic (exact) mass is 364 g/mol. The molecule has 1 aliphatic rings. The van der Waals surface area contributed by atoms with E-state index in [9.17, 15) is 4.79 Å². The van der Waals surface area contributed by atoms with Crippen molar-refractivity contribution in [3.8, 4) is 17.3 Å². The van der Waals surface area contributed by atoms with Gasteiger partial charge in [-0.15, -0.1) is 0 Å². The molecule has 138 valence electrons. The van der Waals surface area contributed by atoms with Gasteiger partial charge in [0.1, 0.15) is 17.3 Å². The van der Waals surface area contributed by atoms with Crippen molar-refractivity contribution in [1.82, 2.24) is 30.0 Å². The van der Waals surface area contributed by atoms with Crippen LogP contribution in [0.3, 0.4) is 0 Å². The summed E-state index contributed by atoms with van der Waals surface area (Å²) in [4.78, 5) is 27.4. The van der Waals surface area contributed by atoms with Gasteiger partial charge in [-0.2, -0.15) is 5.10 Å². The molecule has 27 heavy (non-hydrogen) atoms. The lowest BCUT2D eigenvalue weighted by molar-refractivity contribution is -0.137. The molecule has 3 aromatic rings. The van der Waals surface area contributed by atoms with Crippen molar-refractivity contribution in [2.45, 2.75) is 25.3 Å². The summed E-state index contributed by atoms with van der Waals surface area (Å²) in [6.07, 6.45) is 7.67. The Hall–Kier alpha value is -3.29. The van der Waals surface area contributed by atoms with Crippen LogP contribution in [0.1, 0.15) is 31.1 Å². The third-order valence-corrected chi connectivity index (χ3v) is 4.54. The second-order valence-electron chi connectivity index (χ2n) is 6.34. The summed E-state index contributed by atoms with van der Waals surface area (Å²) in [5, 5.41) is 7.21. The van der Waals surface area contributed by atoms with Gasteiger partial charge in [0, 0.05) is 18.9 Å². The molecule has 1 fully saturated rings. The second-order valence-corrected chi connectivity index (χ2v) is 6.34. The zero-order valence-electron chi connectivity index (χ0n) is 14.8. The molecule has 1 N–H and O–H groups in total. The number of para-hydroxylation sites is 1. The number of aromatic amines is 1. The molecule has 0 unspecified atom stereocenters. The summed E-state index contributed by atoms with van der Waals surface area (Å²) >= 11 is 0. The lowest BCUT2D eigenvalue weighted by Gasteiger charge is -2.34. The van der Waals surface area contributed by atoms with E-state index in [2.05, 4.69) is 25.1 Å². The summed E-state index contributed by atoms with van der Waals surface area (Å²) < 4.78 is 5.62. The molecule has 8 nitrogen and oxygen atoms in total. The van der Waals surface area contributed by atoms with Crippen molar-refractivity contribution < 1.29 is 9.53 Å². The minimum absolute atomic E-state index is 0.00562. The fraction of sp³-hybridized carbons (Fsp3) is 0.316. The first-order valence-electron chi connectivity index (χ1n) is 8.97. The van der Waals surface area contributed by atoms with Crippen LogP contribution in [0.4, 0.5) is 0 Å². The maximum absolute atomic E-state index is 12.7. The molecule has 0 aliphatic carbocycles. The second kappa shape index (κ2) is 7.94. The molecule has 8 heteroatoms. The molecule has 1 atom stereocenters. The fourth-order valence-electron chi connectivity index (χ4n) is 3.21. The average Bonchev–Trinajstić information content (AvgIpc) is 3.23. The van der Waals surface area contributed by atoms with E-state index < -0.39 is 0 Å². The molecule has 1 amide bonds. The molecule has 0 saturated carbocycles. The Morgan fingerprint density at radius 3 is 2.93 bits per heavy atom.